The normalized spacial score (nSPS) is 28.6. The molecule has 0 heterocycles. The lowest BCUT2D eigenvalue weighted by Gasteiger charge is -2.37. The third-order valence-electron chi connectivity index (χ3n) is 3.88. The van der Waals surface area contributed by atoms with Gasteiger partial charge in [-0.1, -0.05) is 18.6 Å². The first-order valence-electron chi connectivity index (χ1n) is 6.62. The Hall–Kier alpha value is -0.830. The summed E-state index contributed by atoms with van der Waals surface area (Å²) >= 11 is 0. The van der Waals surface area contributed by atoms with Crippen LogP contribution in [0, 0.1) is 11.3 Å². The Morgan fingerprint density at radius 3 is 2.47 bits per heavy atom. The van der Waals surface area contributed by atoms with Crippen molar-refractivity contribution in [2.75, 3.05) is 13.1 Å². The average molecular weight is 238 g/mol. The van der Waals surface area contributed by atoms with Crippen LogP contribution in [0.4, 0.5) is 0 Å². The first-order valence-corrected chi connectivity index (χ1v) is 6.62. The number of rotatable bonds is 4. The van der Waals surface area contributed by atoms with Crippen molar-refractivity contribution in [1.82, 2.24) is 5.32 Å². The highest BCUT2D eigenvalue weighted by Gasteiger charge is 2.39. The molecule has 0 atom stereocenters. The van der Waals surface area contributed by atoms with Crippen molar-refractivity contribution >= 4 is 5.91 Å². The summed E-state index contributed by atoms with van der Waals surface area (Å²) in [7, 11) is 0. The molecule has 0 spiro atoms. The SMILES string of the molecule is CC(C)=CCNC(=O)C1(CN)CCC(C)CC1. The molecule has 0 unspecified atom stereocenters. The second kappa shape index (κ2) is 6.20. The van der Waals surface area contributed by atoms with Gasteiger partial charge in [0.25, 0.3) is 0 Å². The Morgan fingerprint density at radius 2 is 2.00 bits per heavy atom. The fourth-order valence-electron chi connectivity index (χ4n) is 2.37. The van der Waals surface area contributed by atoms with E-state index in [1.165, 1.54) is 5.57 Å². The molecule has 0 aromatic heterocycles. The quantitative estimate of drug-likeness (QED) is 0.738. The van der Waals surface area contributed by atoms with Crippen LogP contribution in [0.15, 0.2) is 11.6 Å². The number of amides is 1. The van der Waals surface area contributed by atoms with Crippen LogP contribution in [0.2, 0.25) is 0 Å². The lowest BCUT2D eigenvalue weighted by molar-refractivity contribution is -0.132. The molecule has 0 saturated heterocycles. The summed E-state index contributed by atoms with van der Waals surface area (Å²) in [5.74, 6) is 0.879. The first kappa shape index (κ1) is 14.2. The molecule has 1 aliphatic carbocycles. The third-order valence-corrected chi connectivity index (χ3v) is 3.88. The molecule has 0 aromatic carbocycles. The number of allylic oxidation sites excluding steroid dienone is 1. The van der Waals surface area contributed by atoms with Gasteiger partial charge in [0.2, 0.25) is 5.91 Å². The van der Waals surface area contributed by atoms with Crippen molar-refractivity contribution in [3.63, 3.8) is 0 Å². The van der Waals surface area contributed by atoms with E-state index in [0.29, 0.717) is 13.1 Å². The highest BCUT2D eigenvalue weighted by atomic mass is 16.2. The molecule has 1 aliphatic rings. The van der Waals surface area contributed by atoms with Crippen molar-refractivity contribution in [3.05, 3.63) is 11.6 Å². The summed E-state index contributed by atoms with van der Waals surface area (Å²) in [4.78, 5) is 12.2. The number of hydrogen-bond donors (Lipinski definition) is 2. The van der Waals surface area contributed by atoms with Crippen LogP contribution >= 0.6 is 0 Å². The van der Waals surface area contributed by atoms with Crippen LogP contribution in [0.3, 0.4) is 0 Å². The fraction of sp³-hybridized carbons (Fsp3) is 0.786. The van der Waals surface area contributed by atoms with E-state index in [2.05, 4.69) is 12.2 Å². The minimum Gasteiger partial charge on any atom is -0.352 e. The van der Waals surface area contributed by atoms with Gasteiger partial charge >= 0.3 is 0 Å². The van der Waals surface area contributed by atoms with Gasteiger partial charge in [0.05, 0.1) is 5.41 Å². The van der Waals surface area contributed by atoms with Crippen LogP contribution in [-0.4, -0.2) is 19.0 Å². The maximum absolute atomic E-state index is 12.2. The average Bonchev–Trinajstić information content (AvgIpc) is 2.30. The van der Waals surface area contributed by atoms with Gasteiger partial charge in [-0.15, -0.1) is 0 Å². The number of hydrogen-bond acceptors (Lipinski definition) is 2. The Bertz CT molecular complexity index is 285. The van der Waals surface area contributed by atoms with Crippen LogP contribution in [-0.2, 0) is 4.79 Å². The molecule has 17 heavy (non-hydrogen) atoms. The lowest BCUT2D eigenvalue weighted by atomic mass is 9.70. The van der Waals surface area contributed by atoms with E-state index in [0.717, 1.165) is 31.6 Å². The molecular formula is C14H26N2O. The van der Waals surface area contributed by atoms with Crippen LogP contribution in [0.5, 0.6) is 0 Å². The molecule has 0 bridgehead atoms. The molecular weight excluding hydrogens is 212 g/mol. The number of carbonyl (C=O) groups excluding carboxylic acids is 1. The number of nitrogens with one attached hydrogen (secondary N) is 1. The summed E-state index contributed by atoms with van der Waals surface area (Å²) in [6.45, 7) is 7.42. The van der Waals surface area contributed by atoms with Gasteiger partial charge in [0, 0.05) is 13.1 Å². The summed E-state index contributed by atoms with van der Waals surface area (Å²) in [5, 5.41) is 2.99. The van der Waals surface area contributed by atoms with E-state index in [1.807, 2.05) is 19.9 Å². The largest absolute Gasteiger partial charge is 0.352 e. The summed E-state index contributed by atoms with van der Waals surface area (Å²) < 4.78 is 0. The smallest absolute Gasteiger partial charge is 0.227 e. The molecule has 0 aromatic rings. The predicted octanol–water partition coefficient (Wildman–Crippen LogP) is 2.22. The number of nitrogens with two attached hydrogens (primary N) is 1. The molecule has 3 heteroatoms. The van der Waals surface area contributed by atoms with Crippen molar-refractivity contribution in [1.29, 1.82) is 0 Å². The van der Waals surface area contributed by atoms with Gasteiger partial charge in [-0.05, 0) is 45.4 Å². The molecule has 0 radical (unpaired) electrons. The van der Waals surface area contributed by atoms with E-state index < -0.39 is 0 Å². The minimum atomic E-state index is -0.304. The van der Waals surface area contributed by atoms with E-state index in [-0.39, 0.29) is 11.3 Å². The monoisotopic (exact) mass is 238 g/mol. The van der Waals surface area contributed by atoms with Gasteiger partial charge in [-0.3, -0.25) is 4.79 Å². The van der Waals surface area contributed by atoms with E-state index in [9.17, 15) is 4.79 Å². The topological polar surface area (TPSA) is 55.1 Å². The molecule has 98 valence electrons. The zero-order valence-corrected chi connectivity index (χ0v) is 11.4. The second-order valence-corrected chi connectivity index (χ2v) is 5.66. The van der Waals surface area contributed by atoms with Gasteiger partial charge in [-0.2, -0.15) is 0 Å². The van der Waals surface area contributed by atoms with Gasteiger partial charge in [0.15, 0.2) is 0 Å². The molecule has 1 rings (SSSR count). The first-order chi connectivity index (χ1) is 8.00. The zero-order valence-electron chi connectivity index (χ0n) is 11.4. The van der Waals surface area contributed by atoms with Crippen LogP contribution < -0.4 is 11.1 Å². The Kier molecular flexibility index (Phi) is 5.19. The molecule has 3 nitrogen and oxygen atoms in total. The zero-order chi connectivity index (χ0) is 12.9. The molecule has 1 amide bonds. The predicted molar refractivity (Wildman–Crippen MR) is 71.6 cm³/mol. The van der Waals surface area contributed by atoms with E-state index in [4.69, 9.17) is 5.73 Å². The summed E-state index contributed by atoms with van der Waals surface area (Å²) in [6.07, 6.45) is 6.14. The van der Waals surface area contributed by atoms with Crippen molar-refractivity contribution in [2.24, 2.45) is 17.1 Å². The van der Waals surface area contributed by atoms with Crippen molar-refractivity contribution in [2.45, 2.75) is 46.5 Å². The van der Waals surface area contributed by atoms with Gasteiger partial charge in [0.1, 0.15) is 0 Å². The van der Waals surface area contributed by atoms with Gasteiger partial charge < -0.3 is 11.1 Å². The van der Waals surface area contributed by atoms with E-state index >= 15 is 0 Å². The Balaban J connectivity index is 2.54. The summed E-state index contributed by atoms with van der Waals surface area (Å²) in [6, 6.07) is 0. The van der Waals surface area contributed by atoms with Crippen molar-refractivity contribution in [3.8, 4) is 0 Å². The minimum absolute atomic E-state index is 0.143. The molecule has 3 N–H and O–H groups in total. The Morgan fingerprint density at radius 1 is 1.41 bits per heavy atom. The highest BCUT2D eigenvalue weighted by molar-refractivity contribution is 5.83. The highest BCUT2D eigenvalue weighted by Crippen LogP contribution is 2.38. The van der Waals surface area contributed by atoms with Crippen LogP contribution in [0.25, 0.3) is 0 Å². The van der Waals surface area contributed by atoms with Crippen LogP contribution in [0.1, 0.15) is 46.5 Å². The molecule has 1 saturated carbocycles. The standard InChI is InChI=1S/C14H26N2O/c1-11(2)6-9-16-13(17)14(10-15)7-4-12(3)5-8-14/h6,12H,4-5,7-10,15H2,1-3H3,(H,16,17). The van der Waals surface area contributed by atoms with E-state index in [1.54, 1.807) is 0 Å². The number of carbonyl (C=O) groups is 1. The van der Waals surface area contributed by atoms with Gasteiger partial charge in [-0.25, -0.2) is 0 Å². The maximum atomic E-state index is 12.2. The van der Waals surface area contributed by atoms with Crippen molar-refractivity contribution < 1.29 is 4.79 Å². The summed E-state index contributed by atoms with van der Waals surface area (Å²) in [5.41, 5.74) is 6.76. The molecule has 0 aliphatic heterocycles. The molecule has 1 fully saturated rings. The second-order valence-electron chi connectivity index (χ2n) is 5.66. The maximum Gasteiger partial charge on any atom is 0.227 e. The Labute approximate surface area is 105 Å². The third kappa shape index (κ3) is 3.84. The lowest BCUT2D eigenvalue weighted by Crippen LogP contribution is -2.48. The fourth-order valence-corrected chi connectivity index (χ4v) is 2.37.